The van der Waals surface area contributed by atoms with Gasteiger partial charge in [-0.15, -0.1) is 0 Å². The first kappa shape index (κ1) is 26.7. The lowest BCUT2D eigenvalue weighted by atomic mass is 9.76. The summed E-state index contributed by atoms with van der Waals surface area (Å²) in [6.07, 6.45) is 3.04. The molecular formula is C23H38N4O6Si. The van der Waals surface area contributed by atoms with Crippen LogP contribution in [0.25, 0.3) is 10.4 Å². The molecule has 0 aromatic heterocycles. The van der Waals surface area contributed by atoms with Crippen molar-refractivity contribution >= 4 is 14.3 Å². The molecule has 11 heteroatoms. The molecule has 3 rings (SSSR count). The Labute approximate surface area is 202 Å². The highest BCUT2D eigenvalue weighted by Crippen LogP contribution is 2.53. The van der Waals surface area contributed by atoms with Crippen molar-refractivity contribution in [3.63, 3.8) is 0 Å². The van der Waals surface area contributed by atoms with Gasteiger partial charge < -0.3 is 19.0 Å². The Bertz CT molecular complexity index is 877. The molecule has 1 saturated heterocycles. The summed E-state index contributed by atoms with van der Waals surface area (Å²) in [5.74, 6) is -2.07. The van der Waals surface area contributed by atoms with E-state index in [1.807, 2.05) is 0 Å². The molecule has 2 aliphatic heterocycles. The molecule has 190 valence electrons. The quantitative estimate of drug-likeness (QED) is 0.0705. The number of ether oxygens (including phenoxy) is 2. The molecular weight excluding hydrogens is 456 g/mol. The number of carbonyl (C=O) groups excluding carboxylic acids is 1. The van der Waals surface area contributed by atoms with Gasteiger partial charge in [0.1, 0.15) is 6.61 Å². The number of hydrogen-bond donors (Lipinski definition) is 1. The zero-order chi connectivity index (χ0) is 25.3. The van der Waals surface area contributed by atoms with Crippen molar-refractivity contribution in [3.05, 3.63) is 34.4 Å². The molecule has 3 aliphatic rings. The topological polar surface area (TPSA) is 126 Å². The lowest BCUT2D eigenvalue weighted by molar-refractivity contribution is -0.389. The first-order valence-corrected chi connectivity index (χ1v) is 14.8. The van der Waals surface area contributed by atoms with Crippen molar-refractivity contribution in [1.29, 1.82) is 0 Å². The fraction of sp³-hybridized carbons (Fsp3) is 0.783. The number of hydroxylamine groups is 2. The van der Waals surface area contributed by atoms with E-state index >= 15 is 0 Å². The van der Waals surface area contributed by atoms with Crippen LogP contribution < -0.4 is 0 Å². The number of nitrogens with zero attached hydrogens (tertiary/aromatic N) is 4. The molecule has 0 amide bonds. The van der Waals surface area contributed by atoms with Gasteiger partial charge in [0.2, 0.25) is 0 Å². The molecule has 0 aromatic rings. The van der Waals surface area contributed by atoms with E-state index in [1.54, 1.807) is 12.0 Å². The number of carbonyl (C=O) groups is 1. The summed E-state index contributed by atoms with van der Waals surface area (Å²) in [5, 5.41) is 16.5. The van der Waals surface area contributed by atoms with Crippen LogP contribution in [0.4, 0.5) is 0 Å². The summed E-state index contributed by atoms with van der Waals surface area (Å²) in [6.45, 7) is 16.3. The van der Waals surface area contributed by atoms with E-state index in [-0.39, 0.29) is 42.9 Å². The Morgan fingerprint density at radius 2 is 2.09 bits per heavy atom. The second-order valence-corrected chi connectivity index (χ2v) is 15.5. The van der Waals surface area contributed by atoms with Crippen LogP contribution in [0.3, 0.4) is 0 Å². The van der Waals surface area contributed by atoms with E-state index in [0.717, 1.165) is 24.8 Å². The van der Waals surface area contributed by atoms with Crippen molar-refractivity contribution in [2.24, 2.45) is 11.0 Å². The summed E-state index contributed by atoms with van der Waals surface area (Å²) in [7, 11) is -2.30. The Morgan fingerprint density at radius 3 is 2.71 bits per heavy atom. The minimum absolute atomic E-state index is 0.0438. The molecule has 2 heterocycles. The molecule has 2 fully saturated rings. The normalized spacial score (nSPS) is 28.3. The fourth-order valence-electron chi connectivity index (χ4n) is 4.78. The van der Waals surface area contributed by atoms with Gasteiger partial charge in [0, 0.05) is 17.4 Å². The van der Waals surface area contributed by atoms with E-state index in [1.165, 1.54) is 6.08 Å². The summed E-state index contributed by atoms with van der Waals surface area (Å²) >= 11 is 0. The van der Waals surface area contributed by atoms with E-state index in [0.29, 0.717) is 5.70 Å². The predicted octanol–water partition coefficient (Wildman–Crippen LogP) is 4.19. The standard InChI is InChI=1S/C23H38N4O6Si/c1-8-13-31-21(28)19-17-15(10-9-11-16(17)30-14-12-25-26-24)18-20(32-27(18)19)23(5,29)33-34(6,7)22(2,3)4/h8,15-16,18,20,29H,1,9-14H2,2-7H3/t15-,16-,18+,20-,23?/m0/s1. The molecule has 0 bridgehead atoms. The largest absolute Gasteiger partial charge is 0.457 e. The molecule has 0 radical (unpaired) electrons. The van der Waals surface area contributed by atoms with Gasteiger partial charge in [-0.2, -0.15) is 0 Å². The zero-order valence-electron chi connectivity index (χ0n) is 21.1. The number of azide groups is 1. The van der Waals surface area contributed by atoms with Crippen molar-refractivity contribution < 1.29 is 28.6 Å². The summed E-state index contributed by atoms with van der Waals surface area (Å²) in [5.41, 5.74) is 9.70. The van der Waals surface area contributed by atoms with Gasteiger partial charge in [-0.1, -0.05) is 38.5 Å². The monoisotopic (exact) mass is 494 g/mol. The lowest BCUT2D eigenvalue weighted by Gasteiger charge is -2.54. The van der Waals surface area contributed by atoms with Crippen molar-refractivity contribution in [3.8, 4) is 0 Å². The molecule has 1 unspecified atom stereocenters. The van der Waals surface area contributed by atoms with Crippen LogP contribution in [0.15, 0.2) is 29.0 Å². The maximum absolute atomic E-state index is 13.0. The molecule has 1 N–H and O–H groups in total. The number of aliphatic hydroxyl groups is 1. The fourth-order valence-corrected chi connectivity index (χ4v) is 6.24. The maximum Gasteiger partial charge on any atom is 0.357 e. The maximum atomic E-state index is 13.0. The lowest BCUT2D eigenvalue weighted by Crippen LogP contribution is -2.69. The van der Waals surface area contributed by atoms with Crippen LogP contribution in [0.2, 0.25) is 18.1 Å². The van der Waals surface area contributed by atoms with Gasteiger partial charge in [0.05, 0.1) is 18.8 Å². The second-order valence-electron chi connectivity index (χ2n) is 10.8. The van der Waals surface area contributed by atoms with Gasteiger partial charge >= 0.3 is 5.97 Å². The van der Waals surface area contributed by atoms with Crippen LogP contribution in [0.1, 0.15) is 47.0 Å². The van der Waals surface area contributed by atoms with Crippen molar-refractivity contribution in [1.82, 2.24) is 5.06 Å². The minimum atomic E-state index is -2.30. The van der Waals surface area contributed by atoms with Crippen LogP contribution in [-0.2, 0) is 23.5 Å². The van der Waals surface area contributed by atoms with Crippen molar-refractivity contribution in [2.75, 3.05) is 19.8 Å². The smallest absolute Gasteiger partial charge is 0.357 e. The summed E-state index contributed by atoms with van der Waals surface area (Å²) < 4.78 is 17.8. The van der Waals surface area contributed by atoms with Crippen molar-refractivity contribution in [2.45, 2.75) is 89.1 Å². The molecule has 1 aliphatic carbocycles. The number of hydrogen-bond acceptors (Lipinski definition) is 8. The molecule has 5 atom stereocenters. The van der Waals surface area contributed by atoms with Gasteiger partial charge in [0.25, 0.3) is 0 Å². The zero-order valence-corrected chi connectivity index (χ0v) is 22.1. The first-order valence-electron chi connectivity index (χ1n) is 11.9. The van der Waals surface area contributed by atoms with Crippen LogP contribution in [0.5, 0.6) is 0 Å². The number of fused-ring (bicyclic) bond motifs is 3. The second kappa shape index (κ2) is 10.0. The third kappa shape index (κ3) is 5.05. The van der Waals surface area contributed by atoms with E-state index in [9.17, 15) is 9.90 Å². The Balaban J connectivity index is 1.87. The van der Waals surface area contributed by atoms with Gasteiger partial charge in [-0.05, 0) is 55.4 Å². The minimum Gasteiger partial charge on any atom is -0.457 e. The Hall–Kier alpha value is -1.88. The predicted molar refractivity (Wildman–Crippen MR) is 129 cm³/mol. The first-order chi connectivity index (χ1) is 15.9. The summed E-state index contributed by atoms with van der Waals surface area (Å²) in [6, 6.07) is -0.260. The molecule has 0 spiro atoms. The van der Waals surface area contributed by atoms with E-state index < -0.39 is 26.2 Å². The third-order valence-corrected chi connectivity index (χ3v) is 11.9. The van der Waals surface area contributed by atoms with Crippen LogP contribution >= 0.6 is 0 Å². The van der Waals surface area contributed by atoms with Gasteiger partial charge in [-0.25, -0.2) is 9.86 Å². The summed E-state index contributed by atoms with van der Waals surface area (Å²) in [4.78, 5) is 21.8. The highest BCUT2D eigenvalue weighted by molar-refractivity contribution is 6.74. The average molecular weight is 495 g/mol. The van der Waals surface area contributed by atoms with Gasteiger partial charge in [0.15, 0.2) is 25.9 Å². The average Bonchev–Trinajstić information content (AvgIpc) is 2.95. The number of esters is 1. The Morgan fingerprint density at radius 1 is 1.38 bits per heavy atom. The molecule has 1 saturated carbocycles. The number of rotatable bonds is 10. The third-order valence-electron chi connectivity index (χ3n) is 7.34. The van der Waals surface area contributed by atoms with Gasteiger partial charge in [-0.3, -0.25) is 4.84 Å². The Kier molecular flexibility index (Phi) is 7.86. The van der Waals surface area contributed by atoms with E-state index in [2.05, 4.69) is 50.5 Å². The SMILES string of the molecule is C=CCOC(=O)C1=C2[C@@H](OCCN=[N+]=[N-])CCC[C@@H]2[C@@H]2[C@@H](C(C)(O)O[Si](C)(C)C(C)(C)C)ON12. The highest BCUT2D eigenvalue weighted by Gasteiger charge is 2.64. The molecule has 10 nitrogen and oxygen atoms in total. The van der Waals surface area contributed by atoms with E-state index in [4.69, 9.17) is 24.3 Å². The molecule has 34 heavy (non-hydrogen) atoms. The molecule has 0 aromatic carbocycles. The van der Waals surface area contributed by atoms with Crippen LogP contribution in [0, 0.1) is 5.92 Å². The highest BCUT2D eigenvalue weighted by atomic mass is 28.4. The van der Waals surface area contributed by atoms with Crippen LogP contribution in [-0.4, -0.2) is 68.3 Å².